The van der Waals surface area contributed by atoms with Gasteiger partial charge in [0, 0.05) is 11.6 Å². The fourth-order valence-electron chi connectivity index (χ4n) is 1.53. The zero-order chi connectivity index (χ0) is 11.5. The first-order valence-electron chi connectivity index (χ1n) is 5.20. The van der Waals surface area contributed by atoms with Gasteiger partial charge in [-0.25, -0.2) is 0 Å². The van der Waals surface area contributed by atoms with Crippen molar-refractivity contribution in [2.45, 2.75) is 46.1 Å². The molecule has 1 amide bonds. The Hall–Kier alpha value is -1.32. The molecule has 4 nitrogen and oxygen atoms in total. The largest absolute Gasteiger partial charge is 0.351 e. The van der Waals surface area contributed by atoms with Crippen LogP contribution in [-0.4, -0.2) is 16.6 Å². The molecule has 0 bridgehead atoms. The number of aromatic nitrogens is 1. The number of carbonyl (C=O) groups excluding carboxylic acids is 1. The van der Waals surface area contributed by atoms with E-state index in [0.29, 0.717) is 5.69 Å². The summed E-state index contributed by atoms with van der Waals surface area (Å²) in [6, 6.07) is 1.64. The highest BCUT2D eigenvalue weighted by Gasteiger charge is 2.22. The normalized spacial score (nSPS) is 11.5. The number of rotatable bonds is 4. The van der Waals surface area contributed by atoms with E-state index in [-0.39, 0.29) is 17.2 Å². The Kier molecular flexibility index (Phi) is 3.50. The summed E-state index contributed by atoms with van der Waals surface area (Å²) in [5, 5.41) is 6.59. The topological polar surface area (TPSA) is 55.1 Å². The Morgan fingerprint density at radius 1 is 1.60 bits per heavy atom. The van der Waals surface area contributed by atoms with Gasteiger partial charge in [0.2, 0.25) is 5.76 Å². The van der Waals surface area contributed by atoms with Crippen molar-refractivity contribution in [3.05, 3.63) is 17.5 Å². The second kappa shape index (κ2) is 4.47. The minimum atomic E-state index is -0.202. The summed E-state index contributed by atoms with van der Waals surface area (Å²) in [5.74, 6) is 0.0747. The highest BCUT2D eigenvalue weighted by atomic mass is 16.5. The minimum Gasteiger partial charge on any atom is -0.351 e. The molecule has 0 atom stereocenters. The van der Waals surface area contributed by atoms with E-state index in [4.69, 9.17) is 4.52 Å². The molecule has 0 saturated heterocycles. The second-order valence-electron chi connectivity index (χ2n) is 4.42. The SMILES string of the molecule is CCCC(C)(C)NC(=O)c1cc(C)no1. The molecule has 1 aromatic rings. The van der Waals surface area contributed by atoms with Crippen molar-refractivity contribution >= 4 is 5.91 Å². The van der Waals surface area contributed by atoms with Crippen molar-refractivity contribution < 1.29 is 9.32 Å². The molecule has 1 aromatic heterocycles. The lowest BCUT2D eigenvalue weighted by atomic mass is 9.99. The van der Waals surface area contributed by atoms with Gasteiger partial charge in [0.1, 0.15) is 0 Å². The van der Waals surface area contributed by atoms with Crippen molar-refractivity contribution in [3.63, 3.8) is 0 Å². The third-order valence-electron chi connectivity index (χ3n) is 2.18. The molecule has 0 spiro atoms. The first-order chi connectivity index (χ1) is 6.94. The Bertz CT molecular complexity index is 342. The van der Waals surface area contributed by atoms with Crippen LogP contribution in [0.3, 0.4) is 0 Å². The van der Waals surface area contributed by atoms with E-state index in [1.165, 1.54) is 0 Å². The first kappa shape index (κ1) is 11.8. The summed E-state index contributed by atoms with van der Waals surface area (Å²) >= 11 is 0. The summed E-state index contributed by atoms with van der Waals surface area (Å²) in [6.07, 6.45) is 1.97. The molecule has 1 N–H and O–H groups in total. The smallest absolute Gasteiger partial charge is 0.290 e. The third-order valence-corrected chi connectivity index (χ3v) is 2.18. The fourth-order valence-corrected chi connectivity index (χ4v) is 1.53. The van der Waals surface area contributed by atoms with E-state index in [1.54, 1.807) is 13.0 Å². The molecule has 0 aromatic carbocycles. The molecular weight excluding hydrogens is 192 g/mol. The Morgan fingerprint density at radius 2 is 2.27 bits per heavy atom. The van der Waals surface area contributed by atoms with Crippen molar-refractivity contribution in [2.75, 3.05) is 0 Å². The molecule has 0 fully saturated rings. The number of aryl methyl sites for hydroxylation is 1. The van der Waals surface area contributed by atoms with Gasteiger partial charge in [-0.1, -0.05) is 18.5 Å². The average Bonchev–Trinajstić information content (AvgIpc) is 2.50. The zero-order valence-corrected chi connectivity index (χ0v) is 9.76. The van der Waals surface area contributed by atoms with Crippen LogP contribution in [-0.2, 0) is 0 Å². The number of hydrogen-bond donors (Lipinski definition) is 1. The molecular formula is C11H18N2O2. The summed E-state index contributed by atoms with van der Waals surface area (Å²) in [7, 11) is 0. The molecule has 0 aliphatic heterocycles. The lowest BCUT2D eigenvalue weighted by molar-refractivity contribution is 0.0871. The quantitative estimate of drug-likeness (QED) is 0.829. The maximum atomic E-state index is 11.7. The molecule has 0 unspecified atom stereocenters. The monoisotopic (exact) mass is 210 g/mol. The van der Waals surface area contributed by atoms with E-state index in [2.05, 4.69) is 17.4 Å². The van der Waals surface area contributed by atoms with Gasteiger partial charge in [-0.3, -0.25) is 4.79 Å². The van der Waals surface area contributed by atoms with Crippen LogP contribution in [0, 0.1) is 6.92 Å². The minimum absolute atomic E-state index is 0.200. The van der Waals surface area contributed by atoms with Crippen molar-refractivity contribution in [3.8, 4) is 0 Å². The van der Waals surface area contributed by atoms with Gasteiger partial charge in [0.05, 0.1) is 5.69 Å². The van der Waals surface area contributed by atoms with Crippen LogP contribution in [0.25, 0.3) is 0 Å². The molecule has 1 rings (SSSR count). The molecule has 0 saturated carbocycles. The first-order valence-corrected chi connectivity index (χ1v) is 5.20. The Labute approximate surface area is 90.0 Å². The molecule has 84 valence electrons. The van der Waals surface area contributed by atoms with E-state index < -0.39 is 0 Å². The predicted molar refractivity (Wildman–Crippen MR) is 57.7 cm³/mol. The molecule has 0 aliphatic rings. The second-order valence-corrected chi connectivity index (χ2v) is 4.42. The van der Waals surface area contributed by atoms with Gasteiger partial charge in [-0.15, -0.1) is 0 Å². The van der Waals surface area contributed by atoms with Gasteiger partial charge in [0.15, 0.2) is 0 Å². The van der Waals surface area contributed by atoms with Crippen molar-refractivity contribution in [1.82, 2.24) is 10.5 Å². The molecule has 4 heteroatoms. The summed E-state index contributed by atoms with van der Waals surface area (Å²) < 4.78 is 4.89. The number of hydrogen-bond acceptors (Lipinski definition) is 3. The Morgan fingerprint density at radius 3 is 2.73 bits per heavy atom. The maximum absolute atomic E-state index is 11.7. The maximum Gasteiger partial charge on any atom is 0.290 e. The molecule has 0 aliphatic carbocycles. The summed E-state index contributed by atoms with van der Waals surface area (Å²) in [4.78, 5) is 11.7. The van der Waals surface area contributed by atoms with Crippen molar-refractivity contribution in [1.29, 1.82) is 0 Å². The van der Waals surface area contributed by atoms with E-state index in [0.717, 1.165) is 12.8 Å². The van der Waals surface area contributed by atoms with Gasteiger partial charge in [-0.05, 0) is 27.2 Å². The van der Waals surface area contributed by atoms with Gasteiger partial charge in [0.25, 0.3) is 5.91 Å². The summed E-state index contributed by atoms with van der Waals surface area (Å²) in [6.45, 7) is 7.87. The molecule has 0 radical (unpaired) electrons. The number of amides is 1. The Balaban J connectivity index is 2.63. The van der Waals surface area contributed by atoms with Crippen LogP contribution >= 0.6 is 0 Å². The number of carbonyl (C=O) groups is 1. The fraction of sp³-hybridized carbons (Fsp3) is 0.636. The predicted octanol–water partition coefficient (Wildman–Crippen LogP) is 2.29. The van der Waals surface area contributed by atoms with Crippen molar-refractivity contribution in [2.24, 2.45) is 0 Å². The highest BCUT2D eigenvalue weighted by Crippen LogP contribution is 2.12. The van der Waals surface area contributed by atoms with Crippen LogP contribution in [0.2, 0.25) is 0 Å². The van der Waals surface area contributed by atoms with Gasteiger partial charge >= 0.3 is 0 Å². The van der Waals surface area contributed by atoms with Crippen LogP contribution in [0.5, 0.6) is 0 Å². The average molecular weight is 210 g/mol. The van der Waals surface area contributed by atoms with E-state index >= 15 is 0 Å². The highest BCUT2D eigenvalue weighted by molar-refractivity contribution is 5.91. The van der Waals surface area contributed by atoms with Gasteiger partial charge < -0.3 is 9.84 Å². The van der Waals surface area contributed by atoms with Crippen LogP contribution in [0.1, 0.15) is 49.9 Å². The zero-order valence-electron chi connectivity index (χ0n) is 9.76. The van der Waals surface area contributed by atoms with Gasteiger partial charge in [-0.2, -0.15) is 0 Å². The van der Waals surface area contributed by atoms with E-state index in [9.17, 15) is 4.79 Å². The molecule has 15 heavy (non-hydrogen) atoms. The summed E-state index contributed by atoms with van der Waals surface area (Å²) in [5.41, 5.74) is 0.514. The molecule has 1 heterocycles. The van der Waals surface area contributed by atoms with Crippen LogP contribution in [0.4, 0.5) is 0 Å². The number of nitrogens with zero attached hydrogens (tertiary/aromatic N) is 1. The van der Waals surface area contributed by atoms with Crippen LogP contribution < -0.4 is 5.32 Å². The third kappa shape index (κ3) is 3.38. The standard InChI is InChI=1S/C11H18N2O2/c1-5-6-11(3,4)12-10(14)9-7-8(2)13-15-9/h7H,5-6H2,1-4H3,(H,12,14). The lowest BCUT2D eigenvalue weighted by Gasteiger charge is -2.24. The van der Waals surface area contributed by atoms with E-state index in [1.807, 2.05) is 13.8 Å². The van der Waals surface area contributed by atoms with Crippen LogP contribution in [0.15, 0.2) is 10.6 Å². The lowest BCUT2D eigenvalue weighted by Crippen LogP contribution is -2.43. The number of nitrogens with one attached hydrogen (secondary N) is 1.